The van der Waals surface area contributed by atoms with E-state index in [4.69, 9.17) is 28.9 Å². The van der Waals surface area contributed by atoms with Crippen molar-refractivity contribution in [2.75, 3.05) is 10.6 Å². The number of amides is 1. The molecule has 12 nitrogen and oxygen atoms in total. The third-order valence-electron chi connectivity index (χ3n) is 8.40. The molecule has 0 aliphatic heterocycles. The zero-order chi connectivity index (χ0) is 40.8. The molecule has 4 heterocycles. The second-order valence-corrected chi connectivity index (χ2v) is 13.9. The van der Waals surface area contributed by atoms with Gasteiger partial charge in [0.05, 0.1) is 45.4 Å². The van der Waals surface area contributed by atoms with Crippen LogP contribution in [-0.4, -0.2) is 31.8 Å². The Morgan fingerprint density at radius 2 is 1.07 bits per heavy atom. The number of rotatable bonds is 10. The number of aromatic carboxylic acids is 1. The Morgan fingerprint density at radius 1 is 0.667 bits per heavy atom. The van der Waals surface area contributed by atoms with E-state index in [-0.39, 0.29) is 74.8 Å². The first-order valence-electron chi connectivity index (χ1n) is 16.9. The predicted octanol–water partition coefficient (Wildman–Crippen LogP) is 4.66. The van der Waals surface area contributed by atoms with Crippen LogP contribution >= 0.6 is 23.2 Å². The number of carbonyl (C=O) groups excluding carboxylic acids is 2. The number of primary amides is 1. The van der Waals surface area contributed by atoms with Gasteiger partial charge in [0, 0.05) is 62.9 Å². The van der Waals surface area contributed by atoms with Crippen molar-refractivity contribution >= 4 is 57.8 Å². The minimum absolute atomic E-state index is 0. The molecule has 17 heteroatoms. The molecule has 2 aromatic carbocycles. The number of carboxylic acids is 1. The smallest absolute Gasteiger partial charge is 0.545 e. The predicted molar refractivity (Wildman–Crippen MR) is 211 cm³/mol. The van der Waals surface area contributed by atoms with Crippen molar-refractivity contribution < 1.29 is 42.3 Å². The zero-order valence-corrected chi connectivity index (χ0v) is 32.8. The molecule has 6 aromatic rings. The Bertz CT molecular complexity index is 2410. The van der Waals surface area contributed by atoms with Crippen LogP contribution in [0.1, 0.15) is 71.6 Å². The Labute approximate surface area is 347 Å². The fourth-order valence-corrected chi connectivity index (χ4v) is 6.01. The van der Waals surface area contributed by atoms with E-state index in [1.807, 2.05) is 27.7 Å². The number of aromatic amines is 2. The number of hydrogen-bond donors (Lipinski definition) is 5. The second-order valence-electron chi connectivity index (χ2n) is 13.0. The van der Waals surface area contributed by atoms with Gasteiger partial charge in [0.15, 0.2) is 0 Å². The summed E-state index contributed by atoms with van der Waals surface area (Å²) in [5.74, 6) is -3.36. The standard InChI is InChI=1S/C20H18ClFN4O2.C20H17ClFN3O3.Li/c1-10(2)18-17(25-16-5-6-24-9-14(16)19(23)27)8-13(20(28)26-18)12-7-11(21)3-4-15(12)22;1-10(2)18-17(24-16-5-6-23-9-14(16)20(27)28)8-13(19(26)25-18)12-7-11(21)3-4-15(12)22;/h3-10H,1-2H3,(H2,23,27)(H,24,25)(H,26,28);3-10H,1-2H3,(H,23,24)(H,25,26)(H,27,28);/q;;+1/p-1. The van der Waals surface area contributed by atoms with Crippen molar-refractivity contribution in [1.82, 2.24) is 19.9 Å². The summed E-state index contributed by atoms with van der Waals surface area (Å²) < 4.78 is 28.6. The van der Waals surface area contributed by atoms with Gasteiger partial charge in [0.25, 0.3) is 17.0 Å². The van der Waals surface area contributed by atoms with Crippen LogP contribution in [-0.2, 0) is 0 Å². The number of pyridine rings is 4. The van der Waals surface area contributed by atoms with Crippen molar-refractivity contribution in [3.63, 3.8) is 0 Å². The van der Waals surface area contributed by atoms with Crippen molar-refractivity contribution in [2.24, 2.45) is 5.73 Å². The van der Waals surface area contributed by atoms with Gasteiger partial charge in [-0.1, -0.05) is 50.9 Å². The van der Waals surface area contributed by atoms with Crippen molar-refractivity contribution in [2.45, 2.75) is 39.5 Å². The molecular weight excluding hydrogens is 774 g/mol. The first-order valence-corrected chi connectivity index (χ1v) is 17.7. The van der Waals surface area contributed by atoms with Crippen molar-refractivity contribution in [1.29, 1.82) is 0 Å². The summed E-state index contributed by atoms with van der Waals surface area (Å²) in [7, 11) is 0. The number of nitrogens with two attached hydrogens (primary N) is 1. The number of anilines is 4. The number of carbonyl (C=O) groups is 2. The van der Waals surface area contributed by atoms with Gasteiger partial charge in [0.2, 0.25) is 0 Å². The third kappa shape index (κ3) is 10.3. The fourth-order valence-electron chi connectivity index (χ4n) is 5.67. The van der Waals surface area contributed by atoms with Crippen LogP contribution in [0.15, 0.2) is 95.0 Å². The van der Waals surface area contributed by atoms with Gasteiger partial charge in [-0.2, -0.15) is 0 Å². The molecule has 0 fully saturated rings. The van der Waals surface area contributed by atoms with E-state index in [0.717, 1.165) is 6.20 Å². The molecule has 1 amide bonds. The van der Waals surface area contributed by atoms with Crippen molar-refractivity contribution in [3.05, 3.63) is 150 Å². The molecule has 6 N–H and O–H groups in total. The van der Waals surface area contributed by atoms with E-state index in [1.165, 1.54) is 73.2 Å². The normalized spacial score (nSPS) is 10.7. The topological polar surface area (TPSA) is 199 Å². The molecule has 57 heavy (non-hydrogen) atoms. The minimum Gasteiger partial charge on any atom is -0.545 e. The van der Waals surface area contributed by atoms with E-state index in [2.05, 4.69) is 30.6 Å². The summed E-state index contributed by atoms with van der Waals surface area (Å²) in [4.78, 5) is 61.4. The summed E-state index contributed by atoms with van der Waals surface area (Å²) in [5, 5.41) is 18.0. The maximum atomic E-state index is 14.3. The number of hydrogen-bond acceptors (Lipinski definition) is 9. The minimum atomic E-state index is -1.40. The average Bonchev–Trinajstić information content (AvgIpc) is 3.15. The Hall–Kier alpha value is -5.78. The van der Waals surface area contributed by atoms with Gasteiger partial charge < -0.3 is 36.2 Å². The Balaban J connectivity index is 0.000000248. The van der Waals surface area contributed by atoms with E-state index >= 15 is 0 Å². The molecule has 288 valence electrons. The number of nitrogens with one attached hydrogen (secondary N) is 4. The average molecular weight is 809 g/mol. The second kappa shape index (κ2) is 18.9. The summed E-state index contributed by atoms with van der Waals surface area (Å²) >= 11 is 11.9. The molecule has 0 unspecified atom stereocenters. The van der Waals surface area contributed by atoms with Gasteiger partial charge in [-0.05, 0) is 72.5 Å². The van der Waals surface area contributed by atoms with Crippen LogP contribution in [0.4, 0.5) is 31.5 Å². The number of halogens is 4. The Kier molecular flexibility index (Phi) is 14.6. The van der Waals surface area contributed by atoms with Crippen LogP contribution in [0.2, 0.25) is 10.0 Å². The molecule has 6 rings (SSSR count). The Morgan fingerprint density at radius 3 is 1.46 bits per heavy atom. The van der Waals surface area contributed by atoms with E-state index in [1.54, 1.807) is 6.07 Å². The van der Waals surface area contributed by atoms with Crippen LogP contribution < -0.4 is 51.5 Å². The number of nitrogens with zero attached hydrogens (tertiary/aromatic N) is 2. The molecule has 0 aliphatic carbocycles. The maximum Gasteiger partial charge on any atom is 1.00 e. The van der Waals surface area contributed by atoms with E-state index in [9.17, 15) is 33.1 Å². The van der Waals surface area contributed by atoms with E-state index < -0.39 is 34.6 Å². The van der Waals surface area contributed by atoms with Crippen LogP contribution in [0, 0.1) is 11.6 Å². The van der Waals surface area contributed by atoms with Gasteiger partial charge in [-0.3, -0.25) is 24.4 Å². The molecule has 0 atom stereocenters. The van der Waals surface area contributed by atoms with Crippen molar-refractivity contribution in [3.8, 4) is 22.3 Å². The molecule has 0 saturated heterocycles. The quantitative estimate of drug-likeness (QED) is 0.122. The van der Waals surface area contributed by atoms with Crippen LogP contribution in [0.5, 0.6) is 0 Å². The van der Waals surface area contributed by atoms with Crippen LogP contribution in [0.3, 0.4) is 0 Å². The largest absolute Gasteiger partial charge is 1.00 e. The number of aromatic nitrogens is 4. The zero-order valence-electron chi connectivity index (χ0n) is 31.3. The fraction of sp³-hybridized carbons (Fsp3) is 0.150. The molecule has 0 aliphatic rings. The molecule has 0 radical (unpaired) electrons. The monoisotopic (exact) mass is 807 g/mol. The first kappa shape index (κ1) is 43.9. The summed E-state index contributed by atoms with van der Waals surface area (Å²) in [6.45, 7) is 7.53. The summed E-state index contributed by atoms with van der Waals surface area (Å²) in [6.07, 6.45) is 5.44. The molecule has 4 aromatic heterocycles. The number of benzene rings is 2. The molecule has 0 bridgehead atoms. The molecule has 0 spiro atoms. The summed E-state index contributed by atoms with van der Waals surface area (Å²) in [6, 6.07) is 14.0. The van der Waals surface area contributed by atoms with Gasteiger partial charge in [-0.15, -0.1) is 0 Å². The van der Waals surface area contributed by atoms with E-state index in [0.29, 0.717) is 33.5 Å². The van der Waals surface area contributed by atoms with Crippen LogP contribution in [0.25, 0.3) is 22.3 Å². The van der Waals surface area contributed by atoms with Gasteiger partial charge in [-0.25, -0.2) is 8.78 Å². The van der Waals surface area contributed by atoms with Gasteiger partial charge >= 0.3 is 18.9 Å². The van der Waals surface area contributed by atoms with Gasteiger partial charge in [0.1, 0.15) is 11.6 Å². The number of H-pyrrole nitrogens is 2. The third-order valence-corrected chi connectivity index (χ3v) is 8.87. The first-order chi connectivity index (χ1) is 26.5. The number of carboxylic acid groups (broad SMARTS) is 1. The SMILES string of the molecule is CC(C)c1[nH]c(=O)c(-c2cc(Cl)ccc2F)cc1Nc1ccncc1C(=O)[O-].CC(C)c1[nH]c(=O)c(-c2cc(Cl)ccc2F)cc1Nc1ccncc1C(N)=O.[Li+]. The molecule has 0 saturated carbocycles. The summed E-state index contributed by atoms with van der Waals surface area (Å²) in [5.41, 5.74) is 7.58. The maximum absolute atomic E-state index is 14.3. The molecular formula is C40H34Cl2F2LiN7O5.